The fourth-order valence-corrected chi connectivity index (χ4v) is 2.29. The van der Waals surface area contributed by atoms with Crippen molar-refractivity contribution >= 4 is 6.09 Å². The SMILES string of the molecule is CCCN[C@H]1CC(C(F)(F)F)=CCC1NC(=O)OC(C)(C)C. The van der Waals surface area contributed by atoms with Crippen LogP contribution in [0.4, 0.5) is 18.0 Å². The predicted molar refractivity (Wildman–Crippen MR) is 78.6 cm³/mol. The van der Waals surface area contributed by atoms with Crippen molar-refractivity contribution in [2.24, 2.45) is 0 Å². The lowest BCUT2D eigenvalue weighted by atomic mass is 9.89. The maximum atomic E-state index is 12.8. The van der Waals surface area contributed by atoms with Gasteiger partial charge in [-0.25, -0.2) is 4.79 Å². The number of alkyl carbamates (subject to hydrolysis) is 1. The van der Waals surface area contributed by atoms with E-state index in [0.717, 1.165) is 12.5 Å². The van der Waals surface area contributed by atoms with Gasteiger partial charge in [-0.15, -0.1) is 0 Å². The van der Waals surface area contributed by atoms with Crippen LogP contribution in [0.1, 0.15) is 47.0 Å². The lowest BCUT2D eigenvalue weighted by molar-refractivity contribution is -0.0961. The highest BCUT2D eigenvalue weighted by Gasteiger charge is 2.39. The van der Waals surface area contributed by atoms with Crippen LogP contribution in [0, 0.1) is 0 Å². The molecule has 1 rings (SSSR count). The molecule has 1 unspecified atom stereocenters. The van der Waals surface area contributed by atoms with Gasteiger partial charge in [0.25, 0.3) is 0 Å². The second kappa shape index (κ2) is 7.35. The van der Waals surface area contributed by atoms with E-state index in [0.29, 0.717) is 6.54 Å². The molecule has 0 aliphatic heterocycles. The Morgan fingerprint density at radius 2 is 1.95 bits per heavy atom. The lowest BCUT2D eigenvalue weighted by Crippen LogP contribution is -2.53. The molecule has 4 nitrogen and oxygen atoms in total. The topological polar surface area (TPSA) is 50.4 Å². The number of carbonyl (C=O) groups is 1. The summed E-state index contributed by atoms with van der Waals surface area (Å²) in [5, 5.41) is 5.75. The minimum atomic E-state index is -4.32. The van der Waals surface area contributed by atoms with Gasteiger partial charge in [0.05, 0.1) is 6.04 Å². The molecule has 0 radical (unpaired) electrons. The molecule has 128 valence electrons. The predicted octanol–water partition coefficient (Wildman–Crippen LogP) is 3.53. The van der Waals surface area contributed by atoms with Gasteiger partial charge < -0.3 is 15.4 Å². The smallest absolute Gasteiger partial charge is 0.412 e. The lowest BCUT2D eigenvalue weighted by Gasteiger charge is -2.33. The van der Waals surface area contributed by atoms with Gasteiger partial charge in [-0.3, -0.25) is 0 Å². The highest BCUT2D eigenvalue weighted by Crippen LogP contribution is 2.33. The zero-order valence-electron chi connectivity index (χ0n) is 13.5. The maximum absolute atomic E-state index is 12.8. The minimum Gasteiger partial charge on any atom is -0.444 e. The summed E-state index contributed by atoms with van der Waals surface area (Å²) >= 11 is 0. The summed E-state index contributed by atoms with van der Waals surface area (Å²) < 4.78 is 43.7. The second-order valence-corrected chi connectivity index (χ2v) is 6.48. The van der Waals surface area contributed by atoms with E-state index in [4.69, 9.17) is 4.74 Å². The van der Waals surface area contributed by atoms with Gasteiger partial charge >= 0.3 is 12.3 Å². The summed E-state index contributed by atoms with van der Waals surface area (Å²) in [6, 6.07) is -0.860. The van der Waals surface area contributed by atoms with Crippen molar-refractivity contribution in [1.82, 2.24) is 10.6 Å². The molecule has 22 heavy (non-hydrogen) atoms. The van der Waals surface area contributed by atoms with Crippen LogP contribution in [0.2, 0.25) is 0 Å². The monoisotopic (exact) mass is 322 g/mol. The average Bonchev–Trinajstić information content (AvgIpc) is 2.33. The first-order chi connectivity index (χ1) is 10.0. The molecule has 0 fully saturated rings. The fourth-order valence-electron chi connectivity index (χ4n) is 2.29. The van der Waals surface area contributed by atoms with Gasteiger partial charge in [-0.05, 0) is 46.6 Å². The Morgan fingerprint density at radius 1 is 1.32 bits per heavy atom. The first kappa shape index (κ1) is 18.8. The molecule has 2 N–H and O–H groups in total. The standard InChI is InChI=1S/C15H25F3N2O2/c1-5-8-19-12-9-10(15(16,17)18)6-7-11(12)20-13(21)22-14(2,3)4/h6,11-12,19H,5,7-9H2,1-4H3,(H,20,21)/t11?,12-/m0/s1. The van der Waals surface area contributed by atoms with E-state index in [1.54, 1.807) is 20.8 Å². The Morgan fingerprint density at radius 3 is 2.45 bits per heavy atom. The Kier molecular flexibility index (Phi) is 6.28. The molecular formula is C15H25F3N2O2. The number of amides is 1. The molecule has 0 aromatic carbocycles. The molecule has 0 bridgehead atoms. The van der Waals surface area contributed by atoms with Crippen LogP contribution in [-0.2, 0) is 4.74 Å². The second-order valence-electron chi connectivity index (χ2n) is 6.48. The van der Waals surface area contributed by atoms with Crippen LogP contribution in [0.15, 0.2) is 11.6 Å². The van der Waals surface area contributed by atoms with Gasteiger partial charge in [0.2, 0.25) is 0 Å². The molecule has 2 atom stereocenters. The summed E-state index contributed by atoms with van der Waals surface area (Å²) in [6.07, 6.45) is -2.97. The Hall–Kier alpha value is -1.24. The summed E-state index contributed by atoms with van der Waals surface area (Å²) in [7, 11) is 0. The van der Waals surface area contributed by atoms with E-state index < -0.39 is 35.5 Å². The number of alkyl halides is 3. The largest absolute Gasteiger partial charge is 0.444 e. The summed E-state index contributed by atoms with van der Waals surface area (Å²) in [5.74, 6) is 0. The third kappa shape index (κ3) is 6.25. The molecule has 0 aromatic heterocycles. The number of nitrogens with one attached hydrogen (secondary N) is 2. The third-order valence-electron chi connectivity index (χ3n) is 3.27. The zero-order chi connectivity index (χ0) is 17.0. The van der Waals surface area contributed by atoms with E-state index in [1.807, 2.05) is 6.92 Å². The van der Waals surface area contributed by atoms with Crippen LogP contribution in [-0.4, -0.2) is 36.5 Å². The summed E-state index contributed by atoms with van der Waals surface area (Å²) in [6.45, 7) is 7.75. The van der Waals surface area contributed by atoms with Gasteiger partial charge in [0.15, 0.2) is 0 Å². The van der Waals surface area contributed by atoms with Crippen molar-refractivity contribution in [3.8, 4) is 0 Å². The molecule has 0 saturated heterocycles. The number of carbonyl (C=O) groups excluding carboxylic acids is 1. The molecular weight excluding hydrogens is 297 g/mol. The Bertz CT molecular complexity index is 414. The Balaban J connectivity index is 2.74. The van der Waals surface area contributed by atoms with Crippen LogP contribution in [0.3, 0.4) is 0 Å². The van der Waals surface area contributed by atoms with Gasteiger partial charge in [0.1, 0.15) is 5.60 Å². The molecule has 1 aliphatic carbocycles. The quantitative estimate of drug-likeness (QED) is 0.779. The summed E-state index contributed by atoms with van der Waals surface area (Å²) in [4.78, 5) is 11.8. The number of ether oxygens (including phenoxy) is 1. The maximum Gasteiger partial charge on any atom is 0.412 e. The van der Waals surface area contributed by atoms with E-state index in [-0.39, 0.29) is 12.8 Å². The van der Waals surface area contributed by atoms with Crippen LogP contribution in [0.25, 0.3) is 0 Å². The number of rotatable bonds is 4. The molecule has 0 aromatic rings. The van der Waals surface area contributed by atoms with E-state index >= 15 is 0 Å². The van der Waals surface area contributed by atoms with Crippen molar-refractivity contribution in [2.75, 3.05) is 6.54 Å². The van der Waals surface area contributed by atoms with Crippen LogP contribution >= 0.6 is 0 Å². The van der Waals surface area contributed by atoms with E-state index in [9.17, 15) is 18.0 Å². The van der Waals surface area contributed by atoms with Crippen molar-refractivity contribution in [3.05, 3.63) is 11.6 Å². The zero-order valence-corrected chi connectivity index (χ0v) is 13.5. The highest BCUT2D eigenvalue weighted by atomic mass is 19.4. The first-order valence-corrected chi connectivity index (χ1v) is 7.52. The molecule has 1 amide bonds. The number of hydrogen-bond acceptors (Lipinski definition) is 3. The molecule has 0 spiro atoms. The van der Waals surface area contributed by atoms with Gasteiger partial charge in [-0.1, -0.05) is 13.0 Å². The van der Waals surface area contributed by atoms with Gasteiger partial charge in [-0.2, -0.15) is 13.2 Å². The van der Waals surface area contributed by atoms with Crippen LogP contribution < -0.4 is 10.6 Å². The van der Waals surface area contributed by atoms with Gasteiger partial charge in [0, 0.05) is 11.6 Å². The fraction of sp³-hybridized carbons (Fsp3) is 0.800. The Labute approximate surface area is 129 Å². The average molecular weight is 322 g/mol. The number of halogens is 3. The van der Waals surface area contributed by atoms with Crippen molar-refractivity contribution in [1.29, 1.82) is 0 Å². The van der Waals surface area contributed by atoms with Crippen molar-refractivity contribution in [3.63, 3.8) is 0 Å². The van der Waals surface area contributed by atoms with Crippen molar-refractivity contribution < 1.29 is 22.7 Å². The highest BCUT2D eigenvalue weighted by molar-refractivity contribution is 5.68. The number of hydrogen-bond donors (Lipinski definition) is 2. The van der Waals surface area contributed by atoms with Crippen molar-refractivity contribution in [2.45, 2.75) is 70.8 Å². The third-order valence-corrected chi connectivity index (χ3v) is 3.27. The first-order valence-electron chi connectivity index (χ1n) is 7.52. The summed E-state index contributed by atoms with van der Waals surface area (Å²) in [5.41, 5.74) is -1.18. The molecule has 0 saturated carbocycles. The molecule has 7 heteroatoms. The van der Waals surface area contributed by atoms with E-state index in [2.05, 4.69) is 10.6 Å². The van der Waals surface area contributed by atoms with E-state index in [1.165, 1.54) is 0 Å². The normalized spacial score (nSPS) is 23.0. The molecule has 0 heterocycles. The molecule has 1 aliphatic rings. The van der Waals surface area contributed by atoms with Crippen LogP contribution in [0.5, 0.6) is 0 Å². The minimum absolute atomic E-state index is 0.134.